The Morgan fingerprint density at radius 1 is 1.25 bits per heavy atom. The van der Waals surface area contributed by atoms with Gasteiger partial charge in [0.2, 0.25) is 11.8 Å². The van der Waals surface area contributed by atoms with Crippen LogP contribution in [-0.4, -0.2) is 40.7 Å². The predicted molar refractivity (Wildman–Crippen MR) is 129 cm³/mol. The molecule has 172 valence electrons. The van der Waals surface area contributed by atoms with E-state index < -0.39 is 17.8 Å². The minimum absolute atomic E-state index is 0.0232. The van der Waals surface area contributed by atoms with E-state index in [9.17, 15) is 14.0 Å². The van der Waals surface area contributed by atoms with Gasteiger partial charge in [0.05, 0.1) is 17.0 Å². The Balaban J connectivity index is 1.90. The number of rotatable bonds is 7. The van der Waals surface area contributed by atoms with E-state index in [1.807, 2.05) is 43.9 Å². The van der Waals surface area contributed by atoms with Crippen LogP contribution in [0.25, 0.3) is 0 Å². The lowest BCUT2D eigenvalue weighted by Crippen LogP contribution is -2.41. The normalized spacial score (nSPS) is 19.5. The van der Waals surface area contributed by atoms with Gasteiger partial charge in [0.1, 0.15) is 5.82 Å². The molecule has 32 heavy (non-hydrogen) atoms. The van der Waals surface area contributed by atoms with E-state index in [0.29, 0.717) is 18.7 Å². The van der Waals surface area contributed by atoms with Crippen LogP contribution in [0.3, 0.4) is 0 Å². The smallest absolute Gasteiger partial charge is 0.228 e. The molecule has 4 nitrogen and oxygen atoms in total. The summed E-state index contributed by atoms with van der Waals surface area (Å²) in [4.78, 5) is 30.1. The van der Waals surface area contributed by atoms with E-state index in [0.717, 1.165) is 10.0 Å². The highest BCUT2D eigenvalue weighted by molar-refractivity contribution is 9.10. The molecular formula is C25H29BrClFN2O2. The van der Waals surface area contributed by atoms with E-state index in [-0.39, 0.29) is 35.2 Å². The van der Waals surface area contributed by atoms with Gasteiger partial charge >= 0.3 is 0 Å². The van der Waals surface area contributed by atoms with Crippen molar-refractivity contribution in [3.05, 3.63) is 68.9 Å². The van der Waals surface area contributed by atoms with Crippen LogP contribution < -0.4 is 0 Å². The summed E-state index contributed by atoms with van der Waals surface area (Å²) in [5, 5.41) is 0.0232. The molecule has 0 spiro atoms. The fourth-order valence-electron chi connectivity index (χ4n) is 4.53. The van der Waals surface area contributed by atoms with Crippen LogP contribution in [0.4, 0.5) is 4.39 Å². The Morgan fingerprint density at radius 2 is 1.97 bits per heavy atom. The number of halogens is 3. The molecule has 2 amide bonds. The number of nitrogens with zero attached hydrogens (tertiary/aromatic N) is 2. The second-order valence-corrected chi connectivity index (χ2v) is 9.98. The molecule has 1 heterocycles. The first-order chi connectivity index (χ1) is 15.1. The van der Waals surface area contributed by atoms with Crippen molar-refractivity contribution in [2.75, 3.05) is 13.1 Å². The molecule has 0 N–H and O–H groups in total. The van der Waals surface area contributed by atoms with Gasteiger partial charge in [0.25, 0.3) is 0 Å². The summed E-state index contributed by atoms with van der Waals surface area (Å²) >= 11 is 9.38. The van der Waals surface area contributed by atoms with Crippen molar-refractivity contribution in [1.82, 2.24) is 9.80 Å². The molecule has 1 saturated heterocycles. The Kier molecular flexibility index (Phi) is 7.99. The Hall–Kier alpha value is -1.92. The summed E-state index contributed by atoms with van der Waals surface area (Å²) in [5.41, 5.74) is 1.73. The highest BCUT2D eigenvalue weighted by atomic mass is 79.9. The minimum Gasteiger partial charge on any atom is -0.342 e. The average Bonchev–Trinajstić information content (AvgIpc) is 3.10. The number of carbonyl (C=O) groups is 2. The van der Waals surface area contributed by atoms with Gasteiger partial charge in [-0.2, -0.15) is 0 Å². The minimum atomic E-state index is -0.569. The monoisotopic (exact) mass is 522 g/mol. The number of hydrogen-bond acceptors (Lipinski definition) is 2. The molecule has 2 aromatic rings. The van der Waals surface area contributed by atoms with Gasteiger partial charge in [-0.05, 0) is 62.1 Å². The standard InChI is InChI=1S/C25H29BrClFN2O2/c1-5-29(14-16(4)17-7-6-8-19(26)11-17)25(32)20-13-23(31)30(15(2)3)24(20)18-9-10-21(27)22(28)12-18/h6-12,15-16,20,24H,5,13-14H2,1-4H3. The third kappa shape index (κ3) is 5.18. The fourth-order valence-corrected chi connectivity index (χ4v) is 5.07. The lowest BCUT2D eigenvalue weighted by Gasteiger charge is -2.34. The van der Waals surface area contributed by atoms with Crippen molar-refractivity contribution in [2.24, 2.45) is 5.92 Å². The molecule has 1 aliphatic rings. The molecule has 3 rings (SSSR count). The first-order valence-corrected chi connectivity index (χ1v) is 12.1. The molecule has 0 bridgehead atoms. The Bertz CT molecular complexity index is 1000. The van der Waals surface area contributed by atoms with Gasteiger partial charge in [0, 0.05) is 30.0 Å². The SMILES string of the molecule is CCN(CC(C)c1cccc(Br)c1)C(=O)C1CC(=O)N(C(C)C)C1c1ccc(Cl)c(F)c1. The zero-order valence-corrected chi connectivity index (χ0v) is 21.2. The lowest BCUT2D eigenvalue weighted by atomic mass is 9.91. The van der Waals surface area contributed by atoms with Crippen molar-refractivity contribution < 1.29 is 14.0 Å². The zero-order chi connectivity index (χ0) is 23.6. The largest absolute Gasteiger partial charge is 0.342 e. The number of likely N-dealkylation sites (tertiary alicyclic amines) is 1. The van der Waals surface area contributed by atoms with Crippen molar-refractivity contribution in [3.8, 4) is 0 Å². The van der Waals surface area contributed by atoms with Crippen LogP contribution in [0.1, 0.15) is 57.2 Å². The molecule has 7 heteroatoms. The number of hydrogen-bond donors (Lipinski definition) is 0. The average molecular weight is 524 g/mol. The summed E-state index contributed by atoms with van der Waals surface area (Å²) in [6.45, 7) is 8.93. The maximum atomic E-state index is 14.3. The Morgan fingerprint density at radius 3 is 2.56 bits per heavy atom. The van der Waals surface area contributed by atoms with Gasteiger partial charge in [-0.15, -0.1) is 0 Å². The highest BCUT2D eigenvalue weighted by Gasteiger charge is 2.46. The van der Waals surface area contributed by atoms with Crippen LogP contribution >= 0.6 is 27.5 Å². The fraction of sp³-hybridized carbons (Fsp3) is 0.440. The Labute approximate surface area is 202 Å². The molecule has 2 aromatic carbocycles. The molecule has 1 aliphatic heterocycles. The molecule has 3 unspecified atom stereocenters. The second-order valence-electron chi connectivity index (χ2n) is 8.66. The summed E-state index contributed by atoms with van der Waals surface area (Å²) in [6, 6.07) is 12.0. The van der Waals surface area contributed by atoms with Crippen molar-refractivity contribution in [1.29, 1.82) is 0 Å². The molecule has 1 fully saturated rings. The molecule has 0 aliphatic carbocycles. The molecular weight excluding hydrogens is 495 g/mol. The third-order valence-corrected chi connectivity index (χ3v) is 6.93. The topological polar surface area (TPSA) is 40.6 Å². The summed E-state index contributed by atoms with van der Waals surface area (Å²) < 4.78 is 15.3. The maximum absolute atomic E-state index is 14.3. The third-order valence-electron chi connectivity index (χ3n) is 6.13. The molecule has 3 atom stereocenters. The summed E-state index contributed by atoms with van der Waals surface area (Å²) in [5.74, 6) is -1.16. The van der Waals surface area contributed by atoms with E-state index >= 15 is 0 Å². The van der Waals surface area contributed by atoms with Crippen LogP contribution in [-0.2, 0) is 9.59 Å². The molecule has 0 saturated carbocycles. The first-order valence-electron chi connectivity index (χ1n) is 10.9. The van der Waals surface area contributed by atoms with Gasteiger partial charge in [0.15, 0.2) is 0 Å². The first kappa shape index (κ1) is 24.7. The van der Waals surface area contributed by atoms with E-state index in [4.69, 9.17) is 11.6 Å². The van der Waals surface area contributed by atoms with E-state index in [1.54, 1.807) is 11.0 Å². The number of carbonyl (C=O) groups excluding carboxylic acids is 2. The van der Waals surface area contributed by atoms with Crippen LogP contribution in [0.5, 0.6) is 0 Å². The maximum Gasteiger partial charge on any atom is 0.228 e. The number of amides is 2. The van der Waals surface area contributed by atoms with Gasteiger partial charge in [-0.3, -0.25) is 9.59 Å². The van der Waals surface area contributed by atoms with Gasteiger partial charge in [-0.1, -0.05) is 52.7 Å². The zero-order valence-electron chi connectivity index (χ0n) is 18.8. The van der Waals surface area contributed by atoms with Crippen molar-refractivity contribution >= 4 is 39.3 Å². The van der Waals surface area contributed by atoms with Crippen LogP contribution in [0.15, 0.2) is 46.9 Å². The predicted octanol–water partition coefficient (Wildman–Crippen LogP) is 6.19. The summed E-state index contributed by atoms with van der Waals surface area (Å²) in [7, 11) is 0. The van der Waals surface area contributed by atoms with Crippen LogP contribution in [0, 0.1) is 11.7 Å². The summed E-state index contributed by atoms with van der Waals surface area (Å²) in [6.07, 6.45) is 0.119. The van der Waals surface area contributed by atoms with Crippen LogP contribution in [0.2, 0.25) is 5.02 Å². The number of benzene rings is 2. The van der Waals surface area contributed by atoms with E-state index in [1.165, 1.54) is 12.1 Å². The molecule has 0 aromatic heterocycles. The second kappa shape index (κ2) is 10.3. The quantitative estimate of drug-likeness (QED) is 0.434. The highest BCUT2D eigenvalue weighted by Crippen LogP contribution is 2.41. The van der Waals surface area contributed by atoms with Crippen molar-refractivity contribution in [3.63, 3.8) is 0 Å². The van der Waals surface area contributed by atoms with Gasteiger partial charge in [-0.25, -0.2) is 4.39 Å². The lowest BCUT2D eigenvalue weighted by molar-refractivity contribution is -0.136. The number of likely N-dealkylation sites (N-methyl/N-ethyl adjacent to an activating group) is 1. The van der Waals surface area contributed by atoms with Gasteiger partial charge < -0.3 is 9.80 Å². The van der Waals surface area contributed by atoms with E-state index in [2.05, 4.69) is 28.9 Å². The van der Waals surface area contributed by atoms with Crippen molar-refractivity contribution in [2.45, 2.75) is 52.1 Å². The molecule has 0 radical (unpaired) electrons.